The third kappa shape index (κ3) is 5.05. The van der Waals surface area contributed by atoms with Crippen molar-refractivity contribution in [2.75, 3.05) is 25.1 Å². The summed E-state index contributed by atoms with van der Waals surface area (Å²) in [4.78, 5) is 0. The van der Waals surface area contributed by atoms with Crippen molar-refractivity contribution in [3.05, 3.63) is 35.9 Å². The van der Waals surface area contributed by atoms with Gasteiger partial charge in [-0.05, 0) is 24.8 Å². The molecule has 6 nitrogen and oxygen atoms in total. The average Bonchev–Trinajstić information content (AvgIpc) is 2.93. The van der Waals surface area contributed by atoms with Gasteiger partial charge < -0.3 is 0 Å². The minimum atomic E-state index is -3.41. The summed E-state index contributed by atoms with van der Waals surface area (Å²) in [6.07, 6.45) is 3.06. The van der Waals surface area contributed by atoms with E-state index in [1.165, 1.54) is 4.31 Å². The van der Waals surface area contributed by atoms with Crippen molar-refractivity contribution in [2.24, 2.45) is 0 Å². The molecule has 1 heterocycles. The van der Waals surface area contributed by atoms with E-state index in [0.717, 1.165) is 18.2 Å². The number of aryl methyl sites for hydroxylation is 1. The molecule has 124 valence electrons. The third-order valence-corrected chi connectivity index (χ3v) is 6.47. The van der Waals surface area contributed by atoms with Crippen molar-refractivity contribution in [3.63, 3.8) is 0 Å². The zero-order valence-corrected chi connectivity index (χ0v) is 14.2. The zero-order valence-electron chi connectivity index (χ0n) is 12.6. The number of nitrogens with zero attached hydrogens (tertiary/aromatic N) is 1. The summed E-state index contributed by atoms with van der Waals surface area (Å²) < 4.78 is 51.3. The highest BCUT2D eigenvalue weighted by molar-refractivity contribution is 7.89. The Labute approximate surface area is 132 Å². The van der Waals surface area contributed by atoms with Crippen molar-refractivity contribution in [1.82, 2.24) is 9.03 Å². The van der Waals surface area contributed by atoms with Crippen molar-refractivity contribution >= 4 is 20.0 Å². The Morgan fingerprint density at radius 3 is 2.50 bits per heavy atom. The molecule has 0 radical (unpaired) electrons. The molecule has 1 fully saturated rings. The fourth-order valence-electron chi connectivity index (χ4n) is 2.64. The molecule has 1 aliphatic rings. The third-order valence-electron chi connectivity index (χ3n) is 3.79. The van der Waals surface area contributed by atoms with Crippen LogP contribution in [-0.4, -0.2) is 52.3 Å². The monoisotopic (exact) mass is 346 g/mol. The van der Waals surface area contributed by atoms with Gasteiger partial charge in [-0.25, -0.2) is 21.6 Å². The molecular weight excluding hydrogens is 324 g/mol. The lowest BCUT2D eigenvalue weighted by atomic mass is 10.2. The largest absolute Gasteiger partial charge is 0.214 e. The minimum absolute atomic E-state index is 0.00259. The summed E-state index contributed by atoms with van der Waals surface area (Å²) in [5, 5.41) is 0. The minimum Gasteiger partial charge on any atom is -0.214 e. The molecule has 1 saturated heterocycles. The number of nitrogens with one attached hydrogen (secondary N) is 1. The standard InChI is InChI=1S/C14H22N2O4S2/c1-21(17,18)16-10-5-8-14(16)12-15-22(19,20)11-9-13-6-3-2-4-7-13/h2-4,6-7,14-15H,5,8-12H2,1H3. The maximum atomic E-state index is 12.0. The average molecular weight is 346 g/mol. The first-order valence-electron chi connectivity index (χ1n) is 7.26. The molecule has 0 aromatic heterocycles. The Bertz CT molecular complexity index is 687. The van der Waals surface area contributed by atoms with Crippen molar-refractivity contribution in [2.45, 2.75) is 25.3 Å². The van der Waals surface area contributed by atoms with Crippen LogP contribution in [0.4, 0.5) is 0 Å². The van der Waals surface area contributed by atoms with Crippen LogP contribution in [0.15, 0.2) is 30.3 Å². The van der Waals surface area contributed by atoms with Crippen LogP contribution >= 0.6 is 0 Å². The fraction of sp³-hybridized carbons (Fsp3) is 0.571. The SMILES string of the molecule is CS(=O)(=O)N1CCCC1CNS(=O)(=O)CCc1ccccc1. The van der Waals surface area contributed by atoms with Gasteiger partial charge in [0.1, 0.15) is 0 Å². The maximum absolute atomic E-state index is 12.0. The molecule has 22 heavy (non-hydrogen) atoms. The molecule has 1 aromatic carbocycles. The van der Waals surface area contributed by atoms with Gasteiger partial charge in [-0.3, -0.25) is 0 Å². The lowest BCUT2D eigenvalue weighted by molar-refractivity contribution is 0.388. The normalized spacial score (nSPS) is 20.3. The van der Waals surface area contributed by atoms with Gasteiger partial charge in [-0.2, -0.15) is 4.31 Å². The Hall–Kier alpha value is -0.960. The van der Waals surface area contributed by atoms with E-state index in [1.807, 2.05) is 30.3 Å². The molecular formula is C14H22N2O4S2. The zero-order chi connectivity index (χ0) is 16.2. The van der Waals surface area contributed by atoms with E-state index >= 15 is 0 Å². The van der Waals surface area contributed by atoms with Crippen LogP contribution in [0.5, 0.6) is 0 Å². The molecule has 0 bridgehead atoms. The van der Waals surface area contributed by atoms with Crippen LogP contribution in [0, 0.1) is 0 Å². The molecule has 1 aromatic rings. The van der Waals surface area contributed by atoms with Crippen LogP contribution in [0.25, 0.3) is 0 Å². The number of sulfonamides is 2. The number of hydrogen-bond acceptors (Lipinski definition) is 4. The van der Waals surface area contributed by atoms with Crippen LogP contribution in [0.1, 0.15) is 18.4 Å². The van der Waals surface area contributed by atoms with Gasteiger partial charge in [0.25, 0.3) is 0 Å². The van der Waals surface area contributed by atoms with E-state index < -0.39 is 20.0 Å². The topological polar surface area (TPSA) is 83.6 Å². The second-order valence-electron chi connectivity index (χ2n) is 5.57. The van der Waals surface area contributed by atoms with Gasteiger partial charge in [0, 0.05) is 19.1 Å². The summed E-state index contributed by atoms with van der Waals surface area (Å²) in [7, 11) is -6.68. The Kier molecular flexibility index (Phi) is 5.60. The molecule has 8 heteroatoms. The summed E-state index contributed by atoms with van der Waals surface area (Å²) in [5.74, 6) is 0.00259. The second kappa shape index (κ2) is 7.08. The highest BCUT2D eigenvalue weighted by atomic mass is 32.2. The van der Waals surface area contributed by atoms with Gasteiger partial charge in [0.05, 0.1) is 12.0 Å². The van der Waals surface area contributed by atoms with Crippen LogP contribution in [-0.2, 0) is 26.5 Å². The second-order valence-corrected chi connectivity index (χ2v) is 9.43. The fourth-order valence-corrected chi connectivity index (χ4v) is 4.92. The molecule has 1 atom stereocenters. The molecule has 1 unspecified atom stereocenters. The highest BCUT2D eigenvalue weighted by Crippen LogP contribution is 2.19. The van der Waals surface area contributed by atoms with Crippen molar-refractivity contribution in [3.8, 4) is 0 Å². The van der Waals surface area contributed by atoms with Gasteiger partial charge in [-0.15, -0.1) is 0 Å². The summed E-state index contributed by atoms with van der Waals surface area (Å²) in [6.45, 7) is 0.611. The smallest absolute Gasteiger partial charge is 0.211 e. The van der Waals surface area contributed by atoms with Crippen molar-refractivity contribution < 1.29 is 16.8 Å². The van der Waals surface area contributed by atoms with Gasteiger partial charge in [-0.1, -0.05) is 30.3 Å². The lowest BCUT2D eigenvalue weighted by Crippen LogP contribution is -2.43. The molecule has 0 amide bonds. The quantitative estimate of drug-likeness (QED) is 0.782. The Morgan fingerprint density at radius 2 is 1.86 bits per heavy atom. The maximum Gasteiger partial charge on any atom is 0.211 e. The van der Waals surface area contributed by atoms with E-state index in [-0.39, 0.29) is 18.3 Å². The first-order chi connectivity index (χ1) is 10.3. The highest BCUT2D eigenvalue weighted by Gasteiger charge is 2.31. The van der Waals surface area contributed by atoms with Crippen molar-refractivity contribution in [1.29, 1.82) is 0 Å². The molecule has 0 aliphatic carbocycles. The van der Waals surface area contributed by atoms with E-state index in [0.29, 0.717) is 19.4 Å². The molecule has 2 rings (SSSR count). The lowest BCUT2D eigenvalue weighted by Gasteiger charge is -2.22. The Morgan fingerprint density at radius 1 is 1.18 bits per heavy atom. The molecule has 0 spiro atoms. The number of benzene rings is 1. The van der Waals surface area contributed by atoms with E-state index in [2.05, 4.69) is 4.72 Å². The van der Waals surface area contributed by atoms with Crippen LogP contribution in [0.2, 0.25) is 0 Å². The van der Waals surface area contributed by atoms with Crippen LogP contribution in [0.3, 0.4) is 0 Å². The van der Waals surface area contributed by atoms with E-state index in [4.69, 9.17) is 0 Å². The summed E-state index contributed by atoms with van der Waals surface area (Å²) >= 11 is 0. The number of rotatable bonds is 7. The predicted octanol–water partition coefficient (Wildman–Crippen LogP) is 0.573. The summed E-state index contributed by atoms with van der Waals surface area (Å²) in [5.41, 5.74) is 0.964. The first kappa shape index (κ1) is 17.4. The molecule has 0 saturated carbocycles. The Balaban J connectivity index is 1.87. The number of hydrogen-bond donors (Lipinski definition) is 1. The van der Waals surface area contributed by atoms with Gasteiger partial charge in [0.15, 0.2) is 0 Å². The summed E-state index contributed by atoms with van der Waals surface area (Å²) in [6, 6.07) is 9.13. The molecule has 1 N–H and O–H groups in total. The van der Waals surface area contributed by atoms with E-state index in [9.17, 15) is 16.8 Å². The molecule has 1 aliphatic heterocycles. The van der Waals surface area contributed by atoms with Gasteiger partial charge >= 0.3 is 0 Å². The predicted molar refractivity (Wildman–Crippen MR) is 86.5 cm³/mol. The van der Waals surface area contributed by atoms with E-state index in [1.54, 1.807) is 0 Å². The van der Waals surface area contributed by atoms with Gasteiger partial charge in [0.2, 0.25) is 20.0 Å². The van der Waals surface area contributed by atoms with Crippen LogP contribution < -0.4 is 4.72 Å². The first-order valence-corrected chi connectivity index (χ1v) is 10.8.